The summed E-state index contributed by atoms with van der Waals surface area (Å²) in [6, 6.07) is 1.35. The number of H-pyrrole nitrogens is 1. The minimum Gasteiger partial charge on any atom is -0.790 e. The quantitative estimate of drug-likeness (QED) is 0.0452. The van der Waals surface area contributed by atoms with E-state index in [1.165, 1.54) is 37.4 Å². The predicted octanol–water partition coefficient (Wildman–Crippen LogP) is -9.28. The first-order valence-corrected chi connectivity index (χ1v) is 18.2. The van der Waals surface area contributed by atoms with Gasteiger partial charge < -0.3 is 59.1 Å². The smallest absolute Gasteiger partial charge is 0.790 e. The van der Waals surface area contributed by atoms with E-state index in [9.17, 15) is 33.6 Å². The SMILES string of the molecule is COCCOCCNP(=O)(OC[C@@H]1C[C@@H](O)[C@H](n2ccc(N)nc2=O)O1)O[C@H]1[C@@H](OC)[C@H](n2cnc3c(=O)[nH]c(N)nc32)O[C@@H]1COP(=O)([O-])[O-].[Na+].[Na+]. The number of nitrogens with two attached hydrogens (primary N) is 2. The molecule has 2 fully saturated rings. The molecule has 0 saturated carbocycles. The molecule has 1 unspecified atom stereocenters. The molecule has 24 nitrogen and oxygen atoms in total. The number of aliphatic hydroxyl groups excluding tert-OH is 1. The number of hydrogen-bond acceptors (Lipinski definition) is 20. The van der Waals surface area contributed by atoms with Crippen molar-refractivity contribution in [2.45, 2.75) is 49.4 Å². The summed E-state index contributed by atoms with van der Waals surface area (Å²) in [5.74, 6) is -0.278. The first-order valence-electron chi connectivity index (χ1n) is 15.2. The number of anilines is 2. The number of imidazole rings is 1. The Hall–Kier alpha value is -1.19. The van der Waals surface area contributed by atoms with Gasteiger partial charge in [0.25, 0.3) is 5.56 Å². The number of ether oxygens (including phenoxy) is 5. The molecule has 0 amide bonds. The third-order valence-corrected chi connectivity index (χ3v) is 9.73. The fourth-order valence-corrected chi connectivity index (χ4v) is 7.26. The van der Waals surface area contributed by atoms with E-state index in [1.54, 1.807) is 0 Å². The van der Waals surface area contributed by atoms with Crippen LogP contribution in [0.5, 0.6) is 0 Å². The van der Waals surface area contributed by atoms with Crippen molar-refractivity contribution < 1.29 is 120 Å². The number of phosphoric acid groups is 1. The maximum Gasteiger partial charge on any atom is 1.00 e. The van der Waals surface area contributed by atoms with Gasteiger partial charge in [-0.25, -0.2) is 19.4 Å². The van der Waals surface area contributed by atoms with Crippen LogP contribution < -0.4 is 96.7 Å². The average molecular weight is 812 g/mol. The summed E-state index contributed by atoms with van der Waals surface area (Å²) in [4.78, 5) is 61.8. The van der Waals surface area contributed by atoms with Gasteiger partial charge >= 0.3 is 72.6 Å². The number of nitrogens with one attached hydrogen (secondary N) is 2. The maximum absolute atomic E-state index is 14.4. The van der Waals surface area contributed by atoms with Gasteiger partial charge in [-0.15, -0.1) is 0 Å². The zero-order valence-electron chi connectivity index (χ0n) is 29.2. The second kappa shape index (κ2) is 20.3. The molecule has 8 atom stereocenters. The van der Waals surface area contributed by atoms with Gasteiger partial charge in [-0.05, 0) is 6.07 Å². The standard InChI is InChI=1S/C25H39N9O15P2.2Na/c1-42-7-8-44-6-4-29-50(38,45-10-13-9-14(35)22(47-13)33-5-3-16(26)30-25(33)37)49-18-15(11-46-51(39,40)41)48-23(19(18)43-2)34-12-28-17-20(34)31-24(27)32-21(17)36;;/h3,5,12-15,18-19,22-23,35H,4,6-11H2,1-2H3,(H,29,38)(H2,26,30,37)(H2,39,40,41)(H3,27,31,32,36);;/q;2*+1/p-2/t13-,14+,15+,18+,19+,22+,23+,50?;;/m0../s1. The van der Waals surface area contributed by atoms with E-state index < -0.39 is 83.0 Å². The van der Waals surface area contributed by atoms with Crippen molar-refractivity contribution in [2.24, 2.45) is 0 Å². The number of rotatable bonds is 18. The zero-order valence-corrected chi connectivity index (χ0v) is 35.0. The van der Waals surface area contributed by atoms with Crippen LogP contribution in [0.1, 0.15) is 18.9 Å². The van der Waals surface area contributed by atoms with E-state index in [1.807, 2.05) is 0 Å². The number of nitrogen functional groups attached to an aromatic ring is 2. The first-order chi connectivity index (χ1) is 24.2. The number of aliphatic hydroxyl groups is 1. The monoisotopic (exact) mass is 811 g/mol. The second-order valence-corrected chi connectivity index (χ2v) is 14.1. The van der Waals surface area contributed by atoms with Gasteiger partial charge in [0.1, 0.15) is 30.2 Å². The van der Waals surface area contributed by atoms with E-state index in [0.717, 1.165) is 4.57 Å². The average Bonchev–Trinajstić information content (AvgIpc) is 3.75. The van der Waals surface area contributed by atoms with Crippen molar-refractivity contribution in [3.63, 3.8) is 0 Å². The summed E-state index contributed by atoms with van der Waals surface area (Å²) in [7, 11) is -7.32. The van der Waals surface area contributed by atoms with Crippen molar-refractivity contribution in [1.29, 1.82) is 0 Å². The fourth-order valence-electron chi connectivity index (χ4n) is 5.40. The van der Waals surface area contributed by atoms with Gasteiger partial charge in [-0.2, -0.15) is 9.97 Å². The van der Waals surface area contributed by atoms with Crippen LogP contribution in [0.15, 0.2) is 28.2 Å². The molecule has 53 heavy (non-hydrogen) atoms. The fraction of sp³-hybridized carbons (Fsp3) is 0.640. The molecule has 0 radical (unpaired) electrons. The largest absolute Gasteiger partial charge is 1.00 e. The van der Waals surface area contributed by atoms with Crippen LogP contribution in [0.3, 0.4) is 0 Å². The van der Waals surface area contributed by atoms with Gasteiger partial charge in [0.05, 0.1) is 53.3 Å². The van der Waals surface area contributed by atoms with Gasteiger partial charge in [0.2, 0.25) is 5.95 Å². The molecule has 5 rings (SSSR count). The summed E-state index contributed by atoms with van der Waals surface area (Å²) in [6.45, 7) is -0.949. The van der Waals surface area contributed by atoms with Crippen molar-refractivity contribution in [3.05, 3.63) is 39.4 Å². The molecule has 2 aliphatic rings. The molecular formula is C25H37N9Na2O15P2. The topological polar surface area (TPSA) is 337 Å². The van der Waals surface area contributed by atoms with Crippen LogP contribution >= 0.6 is 15.6 Å². The van der Waals surface area contributed by atoms with Crippen LogP contribution in [0.4, 0.5) is 11.8 Å². The maximum atomic E-state index is 14.4. The van der Waals surface area contributed by atoms with Crippen molar-refractivity contribution in [2.75, 3.05) is 65.3 Å². The van der Waals surface area contributed by atoms with Gasteiger partial charge in [-0.1, -0.05) is 0 Å². The van der Waals surface area contributed by atoms with Crippen LogP contribution in [-0.4, -0.2) is 118 Å². The van der Waals surface area contributed by atoms with Gasteiger partial charge in [0.15, 0.2) is 23.6 Å². The molecule has 3 aromatic rings. The molecule has 0 aromatic carbocycles. The summed E-state index contributed by atoms with van der Waals surface area (Å²) >= 11 is 0. The Morgan fingerprint density at radius 2 is 1.79 bits per heavy atom. The minimum absolute atomic E-state index is 0. The number of nitrogens with zero attached hydrogens (tertiary/aromatic N) is 5. The minimum atomic E-state index is -5.55. The summed E-state index contributed by atoms with van der Waals surface area (Å²) < 4.78 is 72.2. The van der Waals surface area contributed by atoms with Crippen molar-refractivity contribution >= 4 is 38.5 Å². The van der Waals surface area contributed by atoms with Crippen molar-refractivity contribution in [3.8, 4) is 0 Å². The Bertz CT molecular complexity index is 1870. The summed E-state index contributed by atoms with van der Waals surface area (Å²) in [5.41, 5.74) is 9.68. The third-order valence-electron chi connectivity index (χ3n) is 7.65. The molecule has 5 heterocycles. The molecule has 0 aliphatic carbocycles. The molecular weight excluding hydrogens is 774 g/mol. The van der Waals surface area contributed by atoms with Crippen LogP contribution in [0.2, 0.25) is 0 Å². The molecule has 2 aliphatic heterocycles. The van der Waals surface area contributed by atoms with E-state index in [-0.39, 0.29) is 115 Å². The normalized spacial score (nSPS) is 25.6. The molecule has 2 saturated heterocycles. The van der Waals surface area contributed by atoms with Gasteiger partial charge in [0, 0.05) is 33.4 Å². The summed E-state index contributed by atoms with van der Waals surface area (Å²) in [5, 5.41) is 13.3. The summed E-state index contributed by atoms with van der Waals surface area (Å²) in [6.07, 6.45) is -6.33. The molecule has 0 spiro atoms. The van der Waals surface area contributed by atoms with E-state index >= 15 is 0 Å². The van der Waals surface area contributed by atoms with E-state index in [0.29, 0.717) is 0 Å². The Balaban J connectivity index is 0.00000378. The molecule has 28 heteroatoms. The number of methoxy groups -OCH3 is 2. The van der Waals surface area contributed by atoms with Crippen LogP contribution in [-0.2, 0) is 46.4 Å². The van der Waals surface area contributed by atoms with Crippen LogP contribution in [0, 0.1) is 0 Å². The predicted molar refractivity (Wildman–Crippen MR) is 167 cm³/mol. The zero-order chi connectivity index (χ0) is 36.9. The Morgan fingerprint density at radius 3 is 2.47 bits per heavy atom. The van der Waals surface area contributed by atoms with Crippen LogP contribution in [0.25, 0.3) is 11.2 Å². The Labute approximate surface area is 344 Å². The Kier molecular flexibility index (Phi) is 17.7. The number of aromatic nitrogens is 6. The van der Waals surface area contributed by atoms with Gasteiger partial charge in [-0.3, -0.25) is 28.0 Å². The molecule has 0 bridgehead atoms. The molecule has 284 valence electrons. The number of fused-ring (bicyclic) bond motifs is 1. The van der Waals surface area contributed by atoms with Crippen molar-refractivity contribution in [1.82, 2.24) is 34.2 Å². The molecule has 3 aromatic heterocycles. The number of aromatic amines is 1. The van der Waals surface area contributed by atoms with E-state index in [4.69, 9.17) is 44.2 Å². The Morgan fingerprint density at radius 1 is 1.04 bits per heavy atom. The third kappa shape index (κ3) is 11.9. The number of phosphoric ester groups is 1. The second-order valence-electron chi connectivity index (χ2n) is 11.2. The first kappa shape index (κ1) is 46.2. The van der Waals surface area contributed by atoms with E-state index in [2.05, 4.69) is 29.5 Å². The number of hydrogen-bond donors (Lipinski definition) is 5. The molecule has 7 N–H and O–H groups in total.